The fourth-order valence-corrected chi connectivity index (χ4v) is 5.69. The topological polar surface area (TPSA) is 47.8 Å². The molecule has 1 aromatic rings. The van der Waals surface area contributed by atoms with Gasteiger partial charge in [-0.1, -0.05) is 78.0 Å². The highest BCUT2D eigenvalue weighted by atomic mass is 28.4. The van der Waals surface area contributed by atoms with Gasteiger partial charge < -0.3 is 13.6 Å². The summed E-state index contributed by atoms with van der Waals surface area (Å²) in [5.74, 6) is 0. The summed E-state index contributed by atoms with van der Waals surface area (Å²) in [4.78, 5) is 14.6. The van der Waals surface area contributed by atoms with E-state index >= 15 is 0 Å². The summed E-state index contributed by atoms with van der Waals surface area (Å²) >= 11 is 0. The molecule has 0 bridgehead atoms. The average molecular weight is 492 g/mol. The Kier molecular flexibility index (Phi) is 8.48. The third-order valence-electron chi connectivity index (χ3n) is 7.50. The van der Waals surface area contributed by atoms with Crippen LogP contribution in [0.2, 0.25) is 36.3 Å². The fraction of sp³-hybridized carbons (Fsp3) is 0.654. The van der Waals surface area contributed by atoms with E-state index in [0.717, 1.165) is 5.56 Å². The van der Waals surface area contributed by atoms with E-state index in [0.29, 0.717) is 6.54 Å². The van der Waals surface area contributed by atoms with E-state index in [1.54, 1.807) is 4.90 Å². The van der Waals surface area contributed by atoms with E-state index < -0.39 is 16.6 Å². The normalized spacial score (nSPS) is 19.1. The minimum absolute atomic E-state index is 0.0431. The second-order valence-electron chi connectivity index (χ2n) is 12.2. The standard InChI is InChI=1S/C26H45NO4Si2/c1-12-22(30-32(8,9)25(2,3)4)23(31-33(10,11)26(5,6)7)21-18-27(21)24(28)29-19-20-16-14-13-15-17-20/h12-17,21-23H,1,18-19H2,2-11H3/t21-,22-,23-,27?/m1/s1. The number of nitrogens with zero attached hydrogens (tertiary/aromatic N) is 1. The van der Waals surface area contributed by atoms with Gasteiger partial charge in [0.15, 0.2) is 16.6 Å². The van der Waals surface area contributed by atoms with Crippen LogP contribution in [-0.2, 0) is 20.2 Å². The van der Waals surface area contributed by atoms with Crippen molar-refractivity contribution in [3.8, 4) is 0 Å². The van der Waals surface area contributed by atoms with Crippen molar-refractivity contribution < 1.29 is 18.4 Å². The molecule has 0 N–H and O–H groups in total. The molecule has 1 heterocycles. The van der Waals surface area contributed by atoms with Crippen LogP contribution in [0.4, 0.5) is 4.79 Å². The van der Waals surface area contributed by atoms with Crippen molar-refractivity contribution >= 4 is 22.7 Å². The second kappa shape index (κ2) is 10.1. The Morgan fingerprint density at radius 1 is 1.03 bits per heavy atom. The van der Waals surface area contributed by atoms with E-state index in [9.17, 15) is 4.79 Å². The summed E-state index contributed by atoms with van der Waals surface area (Å²) in [5.41, 5.74) is 0.976. The van der Waals surface area contributed by atoms with Gasteiger partial charge in [-0.25, -0.2) is 4.79 Å². The van der Waals surface area contributed by atoms with Crippen molar-refractivity contribution in [2.75, 3.05) is 6.54 Å². The molecule has 7 heteroatoms. The van der Waals surface area contributed by atoms with Gasteiger partial charge in [0.1, 0.15) is 6.61 Å². The van der Waals surface area contributed by atoms with Crippen LogP contribution in [-0.4, -0.2) is 52.4 Å². The number of hydrogen-bond donors (Lipinski definition) is 0. The first-order valence-corrected chi connectivity index (χ1v) is 17.8. The number of amides is 1. The molecule has 1 amide bonds. The van der Waals surface area contributed by atoms with Gasteiger partial charge in [0.2, 0.25) is 0 Å². The fourth-order valence-electron chi connectivity index (χ4n) is 3.10. The van der Waals surface area contributed by atoms with Crippen LogP contribution in [0.25, 0.3) is 0 Å². The Balaban J connectivity index is 2.21. The zero-order valence-electron chi connectivity index (χ0n) is 22.4. The lowest BCUT2D eigenvalue weighted by Crippen LogP contribution is -2.53. The van der Waals surface area contributed by atoms with E-state index in [-0.39, 0.29) is 41.0 Å². The van der Waals surface area contributed by atoms with Gasteiger partial charge >= 0.3 is 6.09 Å². The van der Waals surface area contributed by atoms with Crippen LogP contribution >= 0.6 is 0 Å². The molecular formula is C26H45NO4Si2. The molecule has 1 aromatic carbocycles. The number of rotatable bonds is 9. The van der Waals surface area contributed by atoms with E-state index in [1.807, 2.05) is 36.4 Å². The van der Waals surface area contributed by atoms with Gasteiger partial charge in [0, 0.05) is 6.54 Å². The maximum atomic E-state index is 12.8. The smallest absolute Gasteiger partial charge is 0.410 e. The summed E-state index contributed by atoms with van der Waals surface area (Å²) < 4.78 is 19.2. The molecule has 5 nitrogen and oxygen atoms in total. The van der Waals surface area contributed by atoms with Crippen molar-refractivity contribution in [1.29, 1.82) is 0 Å². The van der Waals surface area contributed by atoms with Crippen molar-refractivity contribution in [2.45, 2.75) is 103 Å². The number of carbonyl (C=O) groups excluding carboxylic acids is 1. The quantitative estimate of drug-likeness (QED) is 0.212. The molecule has 0 aromatic heterocycles. The van der Waals surface area contributed by atoms with Crippen LogP contribution in [0.3, 0.4) is 0 Å². The van der Waals surface area contributed by atoms with Gasteiger partial charge in [-0.15, -0.1) is 6.58 Å². The minimum atomic E-state index is -2.12. The zero-order valence-corrected chi connectivity index (χ0v) is 24.4. The van der Waals surface area contributed by atoms with Crippen LogP contribution in [0.15, 0.2) is 43.0 Å². The Labute approximate surface area is 203 Å². The SMILES string of the molecule is C=C[C@@H](O[Si](C)(C)C(C)(C)C)[C@H](O[Si](C)(C)C(C)(C)C)[C@H]1CN1C(=O)OCc1ccccc1. The summed E-state index contributed by atoms with van der Waals surface area (Å²) in [7, 11) is -4.19. The molecular weight excluding hydrogens is 446 g/mol. The van der Waals surface area contributed by atoms with Crippen molar-refractivity contribution in [3.63, 3.8) is 0 Å². The Hall–Kier alpha value is -1.42. The molecule has 1 aliphatic rings. The van der Waals surface area contributed by atoms with Gasteiger partial charge in [0.05, 0.1) is 18.2 Å². The van der Waals surface area contributed by atoms with E-state index in [4.69, 9.17) is 13.6 Å². The Morgan fingerprint density at radius 3 is 2.03 bits per heavy atom. The summed E-state index contributed by atoms with van der Waals surface area (Å²) in [5, 5.41) is 0.106. The van der Waals surface area contributed by atoms with Crippen molar-refractivity contribution in [2.24, 2.45) is 0 Å². The van der Waals surface area contributed by atoms with Crippen molar-refractivity contribution in [1.82, 2.24) is 4.90 Å². The first-order chi connectivity index (χ1) is 15.0. The average Bonchev–Trinajstić information content (AvgIpc) is 3.48. The number of carbonyl (C=O) groups is 1. The van der Waals surface area contributed by atoms with Crippen molar-refractivity contribution in [3.05, 3.63) is 48.6 Å². The first kappa shape index (κ1) is 27.8. The van der Waals surface area contributed by atoms with Gasteiger partial charge in [-0.3, -0.25) is 4.90 Å². The molecule has 1 aliphatic heterocycles. The van der Waals surface area contributed by atoms with Gasteiger partial charge in [-0.2, -0.15) is 0 Å². The minimum Gasteiger partial charge on any atom is -0.445 e. The molecule has 0 radical (unpaired) electrons. The molecule has 186 valence electrons. The molecule has 1 fully saturated rings. The first-order valence-electron chi connectivity index (χ1n) is 12.0. The molecule has 1 saturated heterocycles. The third kappa shape index (κ3) is 7.04. The predicted molar refractivity (Wildman–Crippen MR) is 141 cm³/mol. The Morgan fingerprint density at radius 2 is 1.55 bits per heavy atom. The molecule has 0 aliphatic carbocycles. The zero-order chi connectivity index (χ0) is 25.2. The molecule has 0 unspecified atom stereocenters. The van der Waals surface area contributed by atoms with Crippen LogP contribution in [0.1, 0.15) is 47.1 Å². The number of benzene rings is 1. The number of hydrogen-bond acceptors (Lipinski definition) is 4. The lowest BCUT2D eigenvalue weighted by Gasteiger charge is -2.44. The highest BCUT2D eigenvalue weighted by Crippen LogP contribution is 2.42. The monoisotopic (exact) mass is 491 g/mol. The predicted octanol–water partition coefficient (Wildman–Crippen LogP) is 6.97. The van der Waals surface area contributed by atoms with E-state index in [2.05, 4.69) is 74.3 Å². The lowest BCUT2D eigenvalue weighted by molar-refractivity contribution is 0.0506. The maximum absolute atomic E-state index is 12.8. The summed E-state index contributed by atoms with van der Waals surface area (Å²) in [6, 6.07) is 9.68. The van der Waals surface area contributed by atoms with E-state index in [1.165, 1.54) is 0 Å². The summed E-state index contributed by atoms with van der Waals surface area (Å²) in [6.07, 6.45) is 1.02. The van der Waals surface area contributed by atoms with Crippen LogP contribution < -0.4 is 0 Å². The molecule has 0 spiro atoms. The molecule has 33 heavy (non-hydrogen) atoms. The molecule has 3 atom stereocenters. The lowest BCUT2D eigenvalue weighted by atomic mass is 10.1. The Bertz CT molecular complexity index is 812. The molecule has 2 rings (SSSR count). The highest BCUT2D eigenvalue weighted by molar-refractivity contribution is 6.74. The third-order valence-corrected chi connectivity index (χ3v) is 16.4. The van der Waals surface area contributed by atoms with Crippen LogP contribution in [0.5, 0.6) is 0 Å². The van der Waals surface area contributed by atoms with Gasteiger partial charge in [0.25, 0.3) is 0 Å². The second-order valence-corrected chi connectivity index (χ2v) is 21.7. The largest absolute Gasteiger partial charge is 0.445 e. The maximum Gasteiger partial charge on any atom is 0.410 e. The number of ether oxygens (including phenoxy) is 1. The summed E-state index contributed by atoms with van der Waals surface area (Å²) in [6.45, 7) is 27.3. The van der Waals surface area contributed by atoms with Crippen LogP contribution in [0, 0.1) is 0 Å². The van der Waals surface area contributed by atoms with Gasteiger partial charge in [-0.05, 0) is 41.8 Å². The molecule has 0 saturated carbocycles. The highest BCUT2D eigenvalue weighted by Gasteiger charge is 2.53.